The Labute approximate surface area is 127 Å². The van der Waals surface area contributed by atoms with E-state index in [1.807, 2.05) is 13.0 Å². The van der Waals surface area contributed by atoms with Crippen LogP contribution < -0.4 is 9.64 Å². The average molecular weight is 304 g/mol. The molecule has 1 amide bonds. The maximum absolute atomic E-state index is 12.1. The lowest BCUT2D eigenvalue weighted by Gasteiger charge is -2.28. The third-order valence-electron chi connectivity index (χ3n) is 3.13. The summed E-state index contributed by atoms with van der Waals surface area (Å²) in [7, 11) is 0. The van der Waals surface area contributed by atoms with Crippen LogP contribution in [0.25, 0.3) is 0 Å². The summed E-state index contributed by atoms with van der Waals surface area (Å²) in [6.07, 6.45) is 0.439. The molecule has 0 radical (unpaired) electrons. The highest BCUT2D eigenvalue weighted by Gasteiger charge is 2.25. The quantitative estimate of drug-likeness (QED) is 0.595. The summed E-state index contributed by atoms with van der Waals surface area (Å²) in [5.41, 5.74) is 1.22. The summed E-state index contributed by atoms with van der Waals surface area (Å²) in [4.78, 5) is 25.5. The monoisotopic (exact) mass is 304 g/mol. The van der Waals surface area contributed by atoms with Crippen LogP contribution in [-0.4, -0.2) is 36.3 Å². The second kappa shape index (κ2) is 7.14. The molecule has 0 aliphatic carbocycles. The van der Waals surface area contributed by atoms with Gasteiger partial charge < -0.3 is 9.64 Å². The maximum Gasteiger partial charge on any atom is 0.265 e. The van der Waals surface area contributed by atoms with Crippen molar-refractivity contribution in [3.05, 3.63) is 23.8 Å². The molecule has 21 heavy (non-hydrogen) atoms. The molecule has 2 rings (SSSR count). The zero-order chi connectivity index (χ0) is 15.2. The van der Waals surface area contributed by atoms with Gasteiger partial charge >= 0.3 is 0 Å². The number of ketones is 1. The van der Waals surface area contributed by atoms with Gasteiger partial charge in [0.1, 0.15) is 5.75 Å². The second-order valence-electron chi connectivity index (χ2n) is 4.49. The number of thioether (sulfide) groups is 1. The number of carbonyl (C=O) groups is 2. The number of hydrogen-bond acceptors (Lipinski definition) is 5. The Morgan fingerprint density at radius 3 is 3.05 bits per heavy atom. The highest BCUT2D eigenvalue weighted by Crippen LogP contribution is 2.33. The first-order valence-electron chi connectivity index (χ1n) is 6.72. The number of rotatable bonds is 6. The van der Waals surface area contributed by atoms with Crippen molar-refractivity contribution in [1.82, 2.24) is 0 Å². The number of nitrogens with zero attached hydrogens (tertiary/aromatic N) is 2. The fourth-order valence-electron chi connectivity index (χ4n) is 2.09. The number of ether oxygens (including phenoxy) is 1. The first-order valence-corrected chi connectivity index (χ1v) is 7.88. The van der Waals surface area contributed by atoms with E-state index in [2.05, 4.69) is 0 Å². The van der Waals surface area contributed by atoms with E-state index in [1.54, 1.807) is 23.1 Å². The smallest absolute Gasteiger partial charge is 0.265 e. The van der Waals surface area contributed by atoms with Crippen molar-refractivity contribution in [2.75, 3.05) is 29.6 Å². The van der Waals surface area contributed by atoms with Crippen molar-refractivity contribution < 1.29 is 14.3 Å². The van der Waals surface area contributed by atoms with Crippen molar-refractivity contribution in [3.8, 4) is 11.8 Å². The van der Waals surface area contributed by atoms with Crippen LogP contribution in [0.15, 0.2) is 18.2 Å². The van der Waals surface area contributed by atoms with Crippen LogP contribution in [0.2, 0.25) is 0 Å². The zero-order valence-corrected chi connectivity index (χ0v) is 12.6. The molecule has 1 heterocycles. The van der Waals surface area contributed by atoms with Crippen LogP contribution >= 0.6 is 11.8 Å². The predicted octanol–water partition coefficient (Wildman–Crippen LogP) is 2.26. The largest absolute Gasteiger partial charge is 0.482 e. The molecular weight excluding hydrogens is 288 g/mol. The van der Waals surface area contributed by atoms with Crippen LogP contribution in [0.3, 0.4) is 0 Å². The molecule has 0 saturated heterocycles. The molecule has 1 aliphatic rings. The topological polar surface area (TPSA) is 70.4 Å². The number of likely N-dealkylation sites (N-methyl/N-ethyl adjacent to an activating group) is 1. The maximum atomic E-state index is 12.1. The fraction of sp³-hybridized carbons (Fsp3) is 0.400. The minimum atomic E-state index is -0.0991. The third-order valence-corrected chi connectivity index (χ3v) is 4.09. The van der Waals surface area contributed by atoms with Gasteiger partial charge in [-0.1, -0.05) is 0 Å². The highest BCUT2D eigenvalue weighted by molar-refractivity contribution is 7.99. The van der Waals surface area contributed by atoms with Gasteiger partial charge in [0, 0.05) is 24.3 Å². The van der Waals surface area contributed by atoms with Crippen molar-refractivity contribution in [3.63, 3.8) is 0 Å². The van der Waals surface area contributed by atoms with E-state index in [0.717, 1.165) is 0 Å². The molecule has 1 aromatic rings. The van der Waals surface area contributed by atoms with Crippen molar-refractivity contribution in [1.29, 1.82) is 5.26 Å². The molecule has 0 N–H and O–H groups in total. The van der Waals surface area contributed by atoms with Gasteiger partial charge in [0.2, 0.25) is 0 Å². The Morgan fingerprint density at radius 2 is 2.33 bits per heavy atom. The summed E-state index contributed by atoms with van der Waals surface area (Å²) in [6, 6.07) is 7.21. The summed E-state index contributed by atoms with van der Waals surface area (Å²) < 4.78 is 5.37. The molecule has 0 saturated carbocycles. The molecular formula is C15H16N2O3S. The minimum Gasteiger partial charge on any atom is -0.482 e. The molecule has 0 atom stereocenters. The van der Waals surface area contributed by atoms with Crippen LogP contribution in [0.1, 0.15) is 23.7 Å². The Bertz CT molecular complexity index is 595. The Kier molecular flexibility index (Phi) is 5.23. The molecule has 0 unspecified atom stereocenters. The molecule has 0 fully saturated rings. The normalized spacial score (nSPS) is 13.3. The van der Waals surface area contributed by atoms with E-state index >= 15 is 0 Å². The Balaban J connectivity index is 2.12. The number of benzene rings is 1. The molecule has 5 nitrogen and oxygen atoms in total. The van der Waals surface area contributed by atoms with Gasteiger partial charge in [-0.15, -0.1) is 0 Å². The number of nitriles is 1. The molecule has 0 spiro atoms. The highest BCUT2D eigenvalue weighted by atomic mass is 32.2. The van der Waals surface area contributed by atoms with E-state index in [9.17, 15) is 9.59 Å². The SMILES string of the molecule is CCN1C(=O)COc2ccc(C(=O)CSCCC#N)cc21. The first-order chi connectivity index (χ1) is 10.2. The average Bonchev–Trinajstić information content (AvgIpc) is 2.50. The minimum absolute atomic E-state index is 0.00480. The van der Waals surface area contributed by atoms with E-state index in [1.165, 1.54) is 11.8 Å². The van der Waals surface area contributed by atoms with Crippen molar-refractivity contribution >= 4 is 29.1 Å². The van der Waals surface area contributed by atoms with E-state index in [4.69, 9.17) is 10.00 Å². The van der Waals surface area contributed by atoms with Gasteiger partial charge in [-0.3, -0.25) is 9.59 Å². The van der Waals surface area contributed by atoms with Crippen LogP contribution in [0.4, 0.5) is 5.69 Å². The third kappa shape index (κ3) is 3.56. The number of anilines is 1. The number of fused-ring (bicyclic) bond motifs is 1. The van der Waals surface area contributed by atoms with E-state index in [0.29, 0.717) is 41.5 Å². The van der Waals surface area contributed by atoms with E-state index in [-0.39, 0.29) is 18.3 Å². The van der Waals surface area contributed by atoms with Crippen LogP contribution in [0.5, 0.6) is 5.75 Å². The molecule has 0 aromatic heterocycles. The predicted molar refractivity (Wildman–Crippen MR) is 81.8 cm³/mol. The number of hydrogen-bond donors (Lipinski definition) is 0. The summed E-state index contributed by atoms with van der Waals surface area (Å²) in [6.45, 7) is 2.47. The molecule has 1 aliphatic heterocycles. The summed E-state index contributed by atoms with van der Waals surface area (Å²) >= 11 is 1.44. The van der Waals surface area contributed by atoms with E-state index < -0.39 is 0 Å². The fourth-order valence-corrected chi connectivity index (χ4v) is 2.82. The van der Waals surface area contributed by atoms with Crippen molar-refractivity contribution in [2.45, 2.75) is 13.3 Å². The molecule has 6 heteroatoms. The lowest BCUT2D eigenvalue weighted by molar-refractivity contribution is -0.121. The standard InChI is InChI=1S/C15H16N2O3S/c1-2-17-12-8-11(13(18)10-21-7-3-6-16)4-5-14(12)20-9-15(17)19/h4-5,8H,2-3,7,9-10H2,1H3. The lowest BCUT2D eigenvalue weighted by Crippen LogP contribution is -2.38. The van der Waals surface area contributed by atoms with Gasteiger partial charge in [0.05, 0.1) is 17.5 Å². The Morgan fingerprint density at radius 1 is 1.52 bits per heavy atom. The number of amides is 1. The van der Waals surface area contributed by atoms with Crippen LogP contribution in [-0.2, 0) is 4.79 Å². The second-order valence-corrected chi connectivity index (χ2v) is 5.60. The number of Topliss-reactive ketones (excluding diaryl/α,β-unsaturated/α-hetero) is 1. The molecule has 1 aromatic carbocycles. The van der Waals surface area contributed by atoms with Crippen LogP contribution in [0, 0.1) is 11.3 Å². The van der Waals surface area contributed by atoms with Crippen molar-refractivity contribution in [2.24, 2.45) is 0 Å². The molecule has 110 valence electrons. The lowest BCUT2D eigenvalue weighted by atomic mass is 10.1. The Hall–Kier alpha value is -2.00. The van der Waals surface area contributed by atoms with Gasteiger partial charge in [-0.2, -0.15) is 17.0 Å². The molecule has 0 bridgehead atoms. The first kappa shape index (κ1) is 15.4. The van der Waals surface area contributed by atoms with Gasteiger partial charge in [0.25, 0.3) is 5.91 Å². The van der Waals surface area contributed by atoms with Gasteiger partial charge in [-0.05, 0) is 25.1 Å². The van der Waals surface area contributed by atoms with Gasteiger partial charge in [-0.25, -0.2) is 0 Å². The number of carbonyl (C=O) groups excluding carboxylic acids is 2. The summed E-state index contributed by atoms with van der Waals surface area (Å²) in [5, 5.41) is 8.46. The summed E-state index contributed by atoms with van der Waals surface area (Å²) in [5.74, 6) is 1.51. The van der Waals surface area contributed by atoms with Gasteiger partial charge in [0.15, 0.2) is 12.4 Å². The zero-order valence-electron chi connectivity index (χ0n) is 11.8.